The molecule has 0 aliphatic carbocycles. The van der Waals surface area contributed by atoms with Crippen molar-refractivity contribution in [1.29, 1.82) is 0 Å². The Kier molecular flexibility index (Phi) is 5.21. The SMILES string of the molecule is Cc1ccc(-n2nc(NC(=O)C3CCCN3)cc2C)cc1.Cl. The number of hydrogen-bond acceptors (Lipinski definition) is 3. The minimum absolute atomic E-state index is 0. The first-order chi connectivity index (χ1) is 10.1. The van der Waals surface area contributed by atoms with Crippen LogP contribution in [-0.4, -0.2) is 28.3 Å². The number of nitrogens with zero attached hydrogens (tertiary/aromatic N) is 2. The number of hydrogen-bond donors (Lipinski definition) is 2. The fourth-order valence-electron chi connectivity index (χ4n) is 2.60. The van der Waals surface area contributed by atoms with E-state index in [1.54, 1.807) is 0 Å². The Hall–Kier alpha value is -1.85. The molecule has 2 N–H and O–H groups in total. The number of aromatic nitrogens is 2. The number of amides is 1. The third kappa shape index (κ3) is 3.48. The van der Waals surface area contributed by atoms with Gasteiger partial charge in [0.05, 0.1) is 11.7 Å². The molecule has 2 heterocycles. The Bertz CT molecular complexity index is 645. The number of carbonyl (C=O) groups is 1. The Morgan fingerprint density at radius 1 is 1.32 bits per heavy atom. The van der Waals surface area contributed by atoms with Crippen LogP contribution in [0.1, 0.15) is 24.1 Å². The standard InChI is InChI=1S/C16H20N4O.ClH/c1-11-5-7-13(8-6-11)20-12(2)10-15(19-20)18-16(21)14-4-3-9-17-14;/h5-8,10,14,17H,3-4,9H2,1-2H3,(H,18,19,21);1H. The molecule has 1 aromatic carbocycles. The van der Waals surface area contributed by atoms with Crippen LogP contribution in [0.25, 0.3) is 5.69 Å². The maximum absolute atomic E-state index is 12.1. The zero-order chi connectivity index (χ0) is 14.8. The fraction of sp³-hybridized carbons (Fsp3) is 0.375. The lowest BCUT2D eigenvalue weighted by molar-refractivity contribution is -0.117. The second-order valence-corrected chi connectivity index (χ2v) is 5.56. The summed E-state index contributed by atoms with van der Waals surface area (Å²) >= 11 is 0. The highest BCUT2D eigenvalue weighted by Crippen LogP contribution is 2.16. The average Bonchev–Trinajstić information content (AvgIpc) is 3.10. The highest BCUT2D eigenvalue weighted by Gasteiger charge is 2.22. The summed E-state index contributed by atoms with van der Waals surface area (Å²) in [5.41, 5.74) is 3.20. The van der Waals surface area contributed by atoms with E-state index < -0.39 is 0 Å². The molecule has 1 aliphatic heterocycles. The molecule has 1 saturated heterocycles. The molecule has 1 amide bonds. The third-order valence-corrected chi connectivity index (χ3v) is 3.79. The van der Waals surface area contributed by atoms with Crippen molar-refractivity contribution in [3.05, 3.63) is 41.6 Å². The zero-order valence-electron chi connectivity index (χ0n) is 12.8. The van der Waals surface area contributed by atoms with E-state index in [0.29, 0.717) is 5.82 Å². The molecule has 3 rings (SSSR count). The lowest BCUT2D eigenvalue weighted by atomic mass is 10.2. The second kappa shape index (κ2) is 6.94. The monoisotopic (exact) mass is 320 g/mol. The van der Waals surface area contributed by atoms with Crippen LogP contribution < -0.4 is 10.6 Å². The molecule has 1 unspecified atom stereocenters. The van der Waals surface area contributed by atoms with Crippen LogP contribution in [0.4, 0.5) is 5.82 Å². The van der Waals surface area contributed by atoms with Gasteiger partial charge >= 0.3 is 0 Å². The highest BCUT2D eigenvalue weighted by atomic mass is 35.5. The summed E-state index contributed by atoms with van der Waals surface area (Å²) in [5, 5.41) is 10.6. The van der Waals surface area contributed by atoms with Crippen molar-refractivity contribution in [1.82, 2.24) is 15.1 Å². The molecule has 1 aromatic heterocycles. The van der Waals surface area contributed by atoms with Crippen molar-refractivity contribution in [3.8, 4) is 5.69 Å². The second-order valence-electron chi connectivity index (χ2n) is 5.56. The van der Waals surface area contributed by atoms with Crippen molar-refractivity contribution >= 4 is 24.1 Å². The van der Waals surface area contributed by atoms with Crippen molar-refractivity contribution in [2.45, 2.75) is 32.7 Å². The normalized spacial score (nSPS) is 17.1. The van der Waals surface area contributed by atoms with E-state index in [-0.39, 0.29) is 24.4 Å². The number of carbonyl (C=O) groups excluding carboxylic acids is 1. The summed E-state index contributed by atoms with van der Waals surface area (Å²) in [7, 11) is 0. The molecule has 22 heavy (non-hydrogen) atoms. The zero-order valence-corrected chi connectivity index (χ0v) is 13.6. The molecule has 1 atom stereocenters. The summed E-state index contributed by atoms with van der Waals surface area (Å²) in [6, 6.07) is 9.97. The number of anilines is 1. The minimum Gasteiger partial charge on any atom is -0.308 e. The van der Waals surface area contributed by atoms with E-state index in [9.17, 15) is 4.79 Å². The molecule has 118 valence electrons. The smallest absolute Gasteiger partial charge is 0.242 e. The number of aryl methyl sites for hydroxylation is 2. The Morgan fingerprint density at radius 2 is 2.05 bits per heavy atom. The molecular formula is C16H21ClN4O. The lowest BCUT2D eigenvalue weighted by Gasteiger charge is -2.08. The van der Waals surface area contributed by atoms with Gasteiger partial charge in [0.15, 0.2) is 5.82 Å². The van der Waals surface area contributed by atoms with Crippen molar-refractivity contribution in [2.24, 2.45) is 0 Å². The maximum Gasteiger partial charge on any atom is 0.242 e. The largest absolute Gasteiger partial charge is 0.308 e. The van der Waals surface area contributed by atoms with Crippen LogP contribution in [0.3, 0.4) is 0 Å². The van der Waals surface area contributed by atoms with Crippen molar-refractivity contribution in [2.75, 3.05) is 11.9 Å². The van der Waals surface area contributed by atoms with Gasteiger partial charge in [-0.15, -0.1) is 17.5 Å². The summed E-state index contributed by atoms with van der Waals surface area (Å²) in [6.45, 7) is 4.95. The van der Waals surface area contributed by atoms with E-state index in [2.05, 4.69) is 34.8 Å². The van der Waals surface area contributed by atoms with Crippen LogP contribution >= 0.6 is 12.4 Å². The van der Waals surface area contributed by atoms with Crippen LogP contribution in [0, 0.1) is 13.8 Å². The average molecular weight is 321 g/mol. The van der Waals surface area contributed by atoms with Gasteiger partial charge < -0.3 is 10.6 Å². The van der Waals surface area contributed by atoms with Crippen LogP contribution in [0.5, 0.6) is 0 Å². The topological polar surface area (TPSA) is 59.0 Å². The minimum atomic E-state index is -0.0881. The van der Waals surface area contributed by atoms with E-state index >= 15 is 0 Å². The molecule has 0 radical (unpaired) electrons. The fourth-order valence-corrected chi connectivity index (χ4v) is 2.60. The van der Waals surface area contributed by atoms with Crippen LogP contribution in [-0.2, 0) is 4.79 Å². The van der Waals surface area contributed by atoms with Crippen LogP contribution in [0.2, 0.25) is 0 Å². The predicted octanol–water partition coefficient (Wildman–Crippen LogP) is 2.60. The molecule has 0 spiro atoms. The Labute approximate surface area is 136 Å². The van der Waals surface area contributed by atoms with E-state index in [0.717, 1.165) is 30.8 Å². The molecule has 0 bridgehead atoms. The summed E-state index contributed by atoms with van der Waals surface area (Å²) < 4.78 is 1.84. The van der Waals surface area contributed by atoms with E-state index in [1.807, 2.05) is 29.8 Å². The summed E-state index contributed by atoms with van der Waals surface area (Å²) in [6.07, 6.45) is 1.94. The number of rotatable bonds is 3. The first-order valence-corrected chi connectivity index (χ1v) is 7.31. The van der Waals surface area contributed by atoms with Gasteiger partial charge in [-0.25, -0.2) is 4.68 Å². The maximum atomic E-state index is 12.1. The molecule has 1 fully saturated rings. The molecule has 2 aromatic rings. The first kappa shape index (κ1) is 16.5. The molecular weight excluding hydrogens is 300 g/mol. The van der Waals surface area contributed by atoms with Gasteiger partial charge in [0.1, 0.15) is 0 Å². The van der Waals surface area contributed by atoms with Crippen LogP contribution in [0.15, 0.2) is 30.3 Å². The van der Waals surface area contributed by atoms with Crippen molar-refractivity contribution in [3.63, 3.8) is 0 Å². The summed E-state index contributed by atoms with van der Waals surface area (Å²) in [5.74, 6) is 0.604. The molecule has 0 saturated carbocycles. The first-order valence-electron chi connectivity index (χ1n) is 7.31. The molecule has 1 aliphatic rings. The molecule has 5 nitrogen and oxygen atoms in total. The van der Waals surface area contributed by atoms with Gasteiger partial charge in [-0.3, -0.25) is 4.79 Å². The van der Waals surface area contributed by atoms with Gasteiger partial charge in [-0.2, -0.15) is 0 Å². The Balaban J connectivity index is 0.00000176. The third-order valence-electron chi connectivity index (χ3n) is 3.79. The summed E-state index contributed by atoms with van der Waals surface area (Å²) in [4.78, 5) is 12.1. The van der Waals surface area contributed by atoms with Crippen molar-refractivity contribution < 1.29 is 4.79 Å². The van der Waals surface area contributed by atoms with Gasteiger partial charge in [-0.05, 0) is 45.4 Å². The van der Waals surface area contributed by atoms with E-state index in [1.165, 1.54) is 5.56 Å². The highest BCUT2D eigenvalue weighted by molar-refractivity contribution is 5.94. The molecule has 6 heteroatoms. The van der Waals surface area contributed by atoms with Gasteiger partial charge in [0.25, 0.3) is 0 Å². The predicted molar refractivity (Wildman–Crippen MR) is 89.9 cm³/mol. The lowest BCUT2D eigenvalue weighted by Crippen LogP contribution is -2.35. The number of halogens is 1. The van der Waals surface area contributed by atoms with Gasteiger partial charge in [0.2, 0.25) is 5.91 Å². The Morgan fingerprint density at radius 3 is 2.68 bits per heavy atom. The van der Waals surface area contributed by atoms with Gasteiger partial charge in [-0.1, -0.05) is 17.7 Å². The number of nitrogens with one attached hydrogen (secondary N) is 2. The number of benzene rings is 1. The quantitative estimate of drug-likeness (QED) is 0.914. The van der Waals surface area contributed by atoms with Gasteiger partial charge in [0, 0.05) is 11.8 Å². The van der Waals surface area contributed by atoms with E-state index in [4.69, 9.17) is 0 Å².